The van der Waals surface area contributed by atoms with E-state index >= 15 is 0 Å². The summed E-state index contributed by atoms with van der Waals surface area (Å²) in [6.07, 6.45) is 0.682. The molecule has 92 valence electrons. The van der Waals surface area contributed by atoms with E-state index in [-0.39, 0.29) is 5.91 Å². The molecular formula is C11H16N4OS. The maximum Gasteiger partial charge on any atom is 0.270 e. The van der Waals surface area contributed by atoms with Crippen molar-refractivity contribution in [1.29, 1.82) is 5.26 Å². The van der Waals surface area contributed by atoms with Crippen molar-refractivity contribution in [2.45, 2.75) is 20.3 Å². The molecule has 0 aliphatic heterocycles. The molecule has 0 saturated heterocycles. The first-order chi connectivity index (χ1) is 7.98. The number of nitrogens with one attached hydrogen (secondary N) is 1. The topological polar surface area (TPSA) is 91.8 Å². The van der Waals surface area contributed by atoms with Gasteiger partial charge < -0.3 is 11.1 Å². The minimum Gasteiger partial charge on any atom is -0.349 e. The number of amides is 1. The first kappa shape index (κ1) is 13.6. The third-order valence-corrected chi connectivity index (χ3v) is 3.04. The van der Waals surface area contributed by atoms with Crippen molar-refractivity contribution in [3.05, 3.63) is 16.1 Å². The van der Waals surface area contributed by atoms with Crippen LogP contribution in [0.5, 0.6) is 0 Å². The van der Waals surface area contributed by atoms with Gasteiger partial charge in [0.2, 0.25) is 0 Å². The van der Waals surface area contributed by atoms with Gasteiger partial charge in [0.25, 0.3) is 5.91 Å². The maximum atomic E-state index is 11.7. The van der Waals surface area contributed by atoms with Gasteiger partial charge in [0.1, 0.15) is 5.69 Å². The fraction of sp³-hybridized carbons (Fsp3) is 0.545. The Labute approximate surface area is 105 Å². The summed E-state index contributed by atoms with van der Waals surface area (Å²) >= 11 is 1.42. The highest BCUT2D eigenvalue weighted by molar-refractivity contribution is 7.09. The Bertz CT molecular complexity index is 433. The van der Waals surface area contributed by atoms with E-state index in [2.05, 4.69) is 16.4 Å². The highest BCUT2D eigenvalue weighted by atomic mass is 32.1. The van der Waals surface area contributed by atoms with E-state index in [9.17, 15) is 4.79 Å². The number of nitrogens with two attached hydrogens (primary N) is 1. The Morgan fingerprint density at radius 1 is 1.71 bits per heavy atom. The Morgan fingerprint density at radius 2 is 2.41 bits per heavy atom. The molecule has 0 saturated carbocycles. The molecule has 1 rings (SSSR count). The molecule has 0 unspecified atom stereocenters. The average Bonchev–Trinajstić information content (AvgIpc) is 2.75. The molecule has 0 radical (unpaired) electrons. The molecule has 0 spiro atoms. The van der Waals surface area contributed by atoms with Crippen LogP contribution in [0.3, 0.4) is 0 Å². The SMILES string of the molecule is CC(C)(C#N)CNC(=O)c1csc(CCN)n1. The summed E-state index contributed by atoms with van der Waals surface area (Å²) in [5, 5.41) is 14.1. The number of rotatable bonds is 5. The first-order valence-corrected chi connectivity index (χ1v) is 6.20. The van der Waals surface area contributed by atoms with Gasteiger partial charge in [0.05, 0.1) is 16.5 Å². The van der Waals surface area contributed by atoms with Crippen molar-refractivity contribution in [1.82, 2.24) is 10.3 Å². The predicted octanol–water partition coefficient (Wildman–Crippen LogP) is 0.924. The zero-order chi connectivity index (χ0) is 12.9. The van der Waals surface area contributed by atoms with Crippen LogP contribution in [0.15, 0.2) is 5.38 Å². The Morgan fingerprint density at radius 3 is 3.00 bits per heavy atom. The van der Waals surface area contributed by atoms with E-state index in [1.165, 1.54) is 11.3 Å². The highest BCUT2D eigenvalue weighted by Crippen LogP contribution is 2.13. The van der Waals surface area contributed by atoms with Gasteiger partial charge >= 0.3 is 0 Å². The summed E-state index contributed by atoms with van der Waals surface area (Å²) in [5.74, 6) is -0.243. The average molecular weight is 252 g/mol. The second-order valence-electron chi connectivity index (χ2n) is 4.34. The number of nitriles is 1. The van der Waals surface area contributed by atoms with Crippen molar-refractivity contribution >= 4 is 17.2 Å². The molecule has 0 aliphatic rings. The predicted molar refractivity (Wildman–Crippen MR) is 66.6 cm³/mol. The molecule has 3 N–H and O–H groups in total. The molecule has 0 aromatic carbocycles. The normalized spacial score (nSPS) is 10.9. The van der Waals surface area contributed by atoms with Crippen molar-refractivity contribution in [2.24, 2.45) is 11.1 Å². The van der Waals surface area contributed by atoms with Gasteiger partial charge in [0.15, 0.2) is 0 Å². The van der Waals surface area contributed by atoms with Crippen molar-refractivity contribution in [3.63, 3.8) is 0 Å². The van der Waals surface area contributed by atoms with Gasteiger partial charge in [0, 0.05) is 18.3 Å². The fourth-order valence-electron chi connectivity index (χ4n) is 1.08. The Hall–Kier alpha value is -1.45. The lowest BCUT2D eigenvalue weighted by molar-refractivity contribution is 0.0939. The second kappa shape index (κ2) is 5.75. The molecule has 0 fully saturated rings. The molecule has 5 nitrogen and oxygen atoms in total. The minimum absolute atomic E-state index is 0.243. The van der Waals surface area contributed by atoms with Crippen LogP contribution in [0.4, 0.5) is 0 Å². The van der Waals surface area contributed by atoms with Gasteiger partial charge in [-0.05, 0) is 20.4 Å². The molecule has 6 heteroatoms. The summed E-state index contributed by atoms with van der Waals surface area (Å²) in [5.41, 5.74) is 5.24. The molecule has 1 heterocycles. The van der Waals surface area contributed by atoms with Crippen molar-refractivity contribution in [3.8, 4) is 6.07 Å². The number of aromatic nitrogens is 1. The molecule has 0 bridgehead atoms. The smallest absolute Gasteiger partial charge is 0.270 e. The third-order valence-electron chi connectivity index (χ3n) is 2.14. The van der Waals surface area contributed by atoms with Crippen LogP contribution in [-0.2, 0) is 6.42 Å². The molecule has 1 aromatic rings. The van der Waals surface area contributed by atoms with Gasteiger partial charge in [-0.25, -0.2) is 4.98 Å². The number of carbonyl (C=O) groups is 1. The first-order valence-electron chi connectivity index (χ1n) is 5.32. The van der Waals surface area contributed by atoms with Crippen molar-refractivity contribution < 1.29 is 4.79 Å². The number of nitrogens with zero attached hydrogens (tertiary/aromatic N) is 2. The fourth-order valence-corrected chi connectivity index (χ4v) is 1.88. The largest absolute Gasteiger partial charge is 0.349 e. The van der Waals surface area contributed by atoms with E-state index in [4.69, 9.17) is 11.0 Å². The van der Waals surface area contributed by atoms with Crippen LogP contribution in [0.1, 0.15) is 29.3 Å². The Kier molecular flexibility index (Phi) is 4.61. The van der Waals surface area contributed by atoms with E-state index in [1.54, 1.807) is 19.2 Å². The van der Waals surface area contributed by atoms with Crippen LogP contribution in [0.25, 0.3) is 0 Å². The van der Waals surface area contributed by atoms with Gasteiger partial charge in [-0.15, -0.1) is 11.3 Å². The molecule has 1 amide bonds. The lowest BCUT2D eigenvalue weighted by Gasteiger charge is -2.14. The van der Waals surface area contributed by atoms with Gasteiger partial charge in [-0.2, -0.15) is 5.26 Å². The van der Waals surface area contributed by atoms with Gasteiger partial charge in [-0.1, -0.05) is 0 Å². The second-order valence-corrected chi connectivity index (χ2v) is 5.29. The minimum atomic E-state index is -0.564. The molecule has 17 heavy (non-hydrogen) atoms. The van der Waals surface area contributed by atoms with Crippen LogP contribution in [0.2, 0.25) is 0 Å². The molecule has 0 atom stereocenters. The highest BCUT2D eigenvalue weighted by Gasteiger charge is 2.19. The van der Waals surface area contributed by atoms with E-state index in [1.807, 2.05) is 0 Å². The number of carbonyl (C=O) groups excluding carboxylic acids is 1. The van der Waals surface area contributed by atoms with E-state index < -0.39 is 5.41 Å². The van der Waals surface area contributed by atoms with Crippen molar-refractivity contribution in [2.75, 3.05) is 13.1 Å². The standard InChI is InChI=1S/C11H16N4OS/c1-11(2,6-13)7-14-10(16)8-5-17-9(15-8)3-4-12/h5H,3-4,7,12H2,1-2H3,(H,14,16). The molecule has 1 aromatic heterocycles. The van der Waals surface area contributed by atoms with Crippen LogP contribution in [-0.4, -0.2) is 24.0 Å². The molecular weight excluding hydrogens is 236 g/mol. The zero-order valence-electron chi connectivity index (χ0n) is 9.99. The van der Waals surface area contributed by atoms with Gasteiger partial charge in [-0.3, -0.25) is 4.79 Å². The number of hydrogen-bond donors (Lipinski definition) is 2. The summed E-state index contributed by atoms with van der Waals surface area (Å²) in [4.78, 5) is 15.9. The molecule has 0 aliphatic carbocycles. The summed E-state index contributed by atoms with van der Waals surface area (Å²) in [7, 11) is 0. The number of hydrogen-bond acceptors (Lipinski definition) is 5. The number of thiazole rings is 1. The summed E-state index contributed by atoms with van der Waals surface area (Å²) < 4.78 is 0. The zero-order valence-corrected chi connectivity index (χ0v) is 10.8. The van der Waals surface area contributed by atoms with Crippen LogP contribution >= 0.6 is 11.3 Å². The maximum absolute atomic E-state index is 11.7. The lowest BCUT2D eigenvalue weighted by atomic mass is 9.96. The van der Waals surface area contributed by atoms with E-state index in [0.29, 0.717) is 25.2 Å². The van der Waals surface area contributed by atoms with Crippen LogP contribution < -0.4 is 11.1 Å². The van der Waals surface area contributed by atoms with Crippen LogP contribution in [0, 0.1) is 16.7 Å². The summed E-state index contributed by atoms with van der Waals surface area (Å²) in [6, 6.07) is 2.12. The lowest BCUT2D eigenvalue weighted by Crippen LogP contribution is -2.33. The summed E-state index contributed by atoms with van der Waals surface area (Å²) in [6.45, 7) is 4.38. The monoisotopic (exact) mass is 252 g/mol. The quantitative estimate of drug-likeness (QED) is 0.815. The van der Waals surface area contributed by atoms with E-state index in [0.717, 1.165) is 5.01 Å². The third kappa shape index (κ3) is 4.13. The Balaban J connectivity index is 2.56.